The molecule has 0 amide bonds. The maximum absolute atomic E-state index is 15.1. The zero-order chi connectivity index (χ0) is 24.2. The van der Waals surface area contributed by atoms with E-state index in [-0.39, 0.29) is 5.75 Å². The molecule has 1 N–H and O–H groups in total. The largest absolute Gasteiger partial charge is 0.493 e. The minimum absolute atomic E-state index is 0.0766. The van der Waals surface area contributed by atoms with Crippen LogP contribution in [0.5, 0.6) is 23.0 Å². The third kappa shape index (κ3) is 4.67. The first-order valence-corrected chi connectivity index (χ1v) is 10.8. The van der Waals surface area contributed by atoms with Crippen LogP contribution in [0.3, 0.4) is 0 Å². The summed E-state index contributed by atoms with van der Waals surface area (Å²) < 4.78 is 31.7. The van der Waals surface area contributed by atoms with Gasteiger partial charge in [0.05, 0.1) is 25.4 Å². The molecule has 0 saturated carbocycles. The van der Waals surface area contributed by atoms with Crippen LogP contribution in [0.1, 0.15) is 0 Å². The highest BCUT2D eigenvalue weighted by molar-refractivity contribution is 5.88. The quantitative estimate of drug-likeness (QED) is 0.297. The summed E-state index contributed by atoms with van der Waals surface area (Å²) in [4.78, 5) is 13.1. The monoisotopic (exact) mass is 468 g/mol. The van der Waals surface area contributed by atoms with Crippen molar-refractivity contribution in [3.8, 4) is 34.3 Å². The normalized spacial score (nSPS) is 10.7. The van der Waals surface area contributed by atoms with Crippen LogP contribution in [-0.2, 0) is 0 Å². The highest BCUT2D eigenvalue weighted by atomic mass is 19.1. The average Bonchev–Trinajstić information content (AvgIpc) is 2.90. The Labute approximate surface area is 201 Å². The van der Waals surface area contributed by atoms with E-state index in [9.17, 15) is 0 Å². The number of hydrogen-bond acceptors (Lipinski definition) is 7. The van der Waals surface area contributed by atoms with Gasteiger partial charge in [-0.15, -0.1) is 0 Å². The van der Waals surface area contributed by atoms with Gasteiger partial charge in [0.15, 0.2) is 23.1 Å². The van der Waals surface area contributed by atoms with Gasteiger partial charge in [0.25, 0.3) is 0 Å². The Morgan fingerprint density at radius 3 is 2.29 bits per heavy atom. The number of nitrogens with zero attached hydrogens (tertiary/aromatic N) is 3. The lowest BCUT2D eigenvalue weighted by Crippen LogP contribution is -1.98. The van der Waals surface area contributed by atoms with Crippen LogP contribution in [0.25, 0.3) is 22.2 Å². The van der Waals surface area contributed by atoms with Crippen LogP contribution < -0.4 is 19.5 Å². The molecule has 7 nitrogen and oxygen atoms in total. The minimum Gasteiger partial charge on any atom is -0.493 e. The number of pyridine rings is 1. The van der Waals surface area contributed by atoms with Gasteiger partial charge in [-0.25, -0.2) is 14.4 Å². The molecule has 5 rings (SSSR count). The molecule has 8 heteroatoms. The van der Waals surface area contributed by atoms with Gasteiger partial charge in [0, 0.05) is 35.1 Å². The summed E-state index contributed by atoms with van der Waals surface area (Å²) in [5, 5.41) is 3.81. The summed E-state index contributed by atoms with van der Waals surface area (Å²) >= 11 is 0. The number of ether oxygens (including phenoxy) is 3. The van der Waals surface area contributed by atoms with E-state index in [1.165, 1.54) is 6.07 Å². The second-order valence-electron chi connectivity index (χ2n) is 7.54. The molecule has 3 aromatic carbocycles. The Morgan fingerprint density at radius 2 is 1.51 bits per heavy atom. The van der Waals surface area contributed by atoms with Crippen molar-refractivity contribution >= 4 is 22.5 Å². The van der Waals surface area contributed by atoms with Crippen molar-refractivity contribution in [2.24, 2.45) is 0 Å². The SMILES string of the molecule is COc1cc2nccc(Oc3ccc(-c4ccnc(Nc5ccccc5)n4)cc3F)c2cc1OC. The van der Waals surface area contributed by atoms with Gasteiger partial charge < -0.3 is 19.5 Å². The van der Waals surface area contributed by atoms with Crippen molar-refractivity contribution in [3.05, 3.63) is 91.0 Å². The van der Waals surface area contributed by atoms with E-state index in [2.05, 4.69) is 20.3 Å². The number of anilines is 2. The summed E-state index contributed by atoms with van der Waals surface area (Å²) in [6, 6.07) is 21.2. The van der Waals surface area contributed by atoms with Crippen LogP contribution in [-0.4, -0.2) is 29.2 Å². The summed E-state index contributed by atoms with van der Waals surface area (Å²) in [7, 11) is 3.10. The van der Waals surface area contributed by atoms with Crippen molar-refractivity contribution in [1.82, 2.24) is 15.0 Å². The summed E-state index contributed by atoms with van der Waals surface area (Å²) in [6.45, 7) is 0. The second kappa shape index (κ2) is 9.64. The van der Waals surface area contributed by atoms with E-state index in [1.807, 2.05) is 30.3 Å². The molecule has 2 heterocycles. The smallest absolute Gasteiger partial charge is 0.227 e. The van der Waals surface area contributed by atoms with Gasteiger partial charge in [-0.05, 0) is 48.5 Å². The van der Waals surface area contributed by atoms with Crippen LogP contribution in [0.4, 0.5) is 16.0 Å². The van der Waals surface area contributed by atoms with Crippen molar-refractivity contribution < 1.29 is 18.6 Å². The van der Waals surface area contributed by atoms with Crippen molar-refractivity contribution in [2.75, 3.05) is 19.5 Å². The molecule has 35 heavy (non-hydrogen) atoms. The molecule has 0 radical (unpaired) electrons. The predicted octanol–water partition coefficient (Wildman–Crippen LogP) is 6.38. The third-order valence-corrected chi connectivity index (χ3v) is 5.34. The minimum atomic E-state index is -0.524. The van der Waals surface area contributed by atoms with Gasteiger partial charge in [-0.2, -0.15) is 0 Å². The fraction of sp³-hybridized carbons (Fsp3) is 0.0741. The fourth-order valence-electron chi connectivity index (χ4n) is 3.63. The molecule has 0 fully saturated rings. The van der Waals surface area contributed by atoms with Crippen LogP contribution in [0.15, 0.2) is 85.2 Å². The number of halogens is 1. The first-order chi connectivity index (χ1) is 17.1. The number of fused-ring (bicyclic) bond motifs is 1. The Kier molecular flexibility index (Phi) is 6.09. The van der Waals surface area contributed by atoms with E-state index < -0.39 is 5.82 Å². The maximum atomic E-state index is 15.1. The Hall–Kier alpha value is -4.72. The highest BCUT2D eigenvalue weighted by Gasteiger charge is 2.14. The second-order valence-corrected chi connectivity index (χ2v) is 7.54. The van der Waals surface area contributed by atoms with Crippen molar-refractivity contribution in [1.29, 1.82) is 0 Å². The molecule has 0 aliphatic carbocycles. The predicted molar refractivity (Wildman–Crippen MR) is 132 cm³/mol. The lowest BCUT2D eigenvalue weighted by Gasteiger charge is -2.13. The summed E-state index contributed by atoms with van der Waals surface area (Å²) in [6.07, 6.45) is 3.22. The van der Waals surface area contributed by atoms with Crippen LogP contribution in [0, 0.1) is 5.82 Å². The number of para-hydroxylation sites is 1. The molecule has 5 aromatic rings. The Balaban J connectivity index is 1.43. The molecule has 0 unspecified atom stereocenters. The molecule has 0 aliphatic heterocycles. The van der Waals surface area contributed by atoms with Gasteiger partial charge in [-0.1, -0.05) is 18.2 Å². The number of methoxy groups -OCH3 is 2. The first kappa shape index (κ1) is 22.1. The molecule has 0 spiro atoms. The maximum Gasteiger partial charge on any atom is 0.227 e. The Bertz CT molecular complexity index is 1500. The number of aromatic nitrogens is 3. The van der Waals surface area contributed by atoms with E-state index in [0.29, 0.717) is 45.4 Å². The zero-order valence-electron chi connectivity index (χ0n) is 19.0. The van der Waals surface area contributed by atoms with Crippen LogP contribution >= 0.6 is 0 Å². The lowest BCUT2D eigenvalue weighted by atomic mass is 10.1. The summed E-state index contributed by atoms with van der Waals surface area (Å²) in [5.74, 6) is 1.49. The number of benzene rings is 3. The molecule has 0 aliphatic rings. The molecular formula is C27H21FN4O3. The zero-order valence-corrected chi connectivity index (χ0v) is 19.0. The number of hydrogen-bond donors (Lipinski definition) is 1. The molecule has 0 saturated heterocycles. The average molecular weight is 468 g/mol. The van der Waals surface area contributed by atoms with Crippen molar-refractivity contribution in [2.45, 2.75) is 0 Å². The molecular weight excluding hydrogens is 447 g/mol. The lowest BCUT2D eigenvalue weighted by molar-refractivity contribution is 0.355. The van der Waals surface area contributed by atoms with E-state index in [0.717, 1.165) is 5.69 Å². The number of nitrogens with one attached hydrogen (secondary N) is 1. The standard InChI is InChI=1S/C27H21FN4O3/c1-33-25-15-19-22(16-26(25)34-2)29-13-11-23(19)35-24-9-8-17(14-20(24)28)21-10-12-30-27(32-21)31-18-6-4-3-5-7-18/h3-16H,1-2H3,(H,30,31,32). The molecule has 0 atom stereocenters. The topological polar surface area (TPSA) is 78.4 Å². The van der Waals surface area contributed by atoms with E-state index in [4.69, 9.17) is 14.2 Å². The highest BCUT2D eigenvalue weighted by Crippen LogP contribution is 2.37. The van der Waals surface area contributed by atoms with Crippen LogP contribution in [0.2, 0.25) is 0 Å². The first-order valence-electron chi connectivity index (χ1n) is 10.8. The van der Waals surface area contributed by atoms with Gasteiger partial charge in [0.1, 0.15) is 5.75 Å². The summed E-state index contributed by atoms with van der Waals surface area (Å²) in [5.41, 5.74) is 2.67. The van der Waals surface area contributed by atoms with Crippen molar-refractivity contribution in [3.63, 3.8) is 0 Å². The molecule has 174 valence electrons. The van der Waals surface area contributed by atoms with E-state index in [1.54, 1.807) is 63.0 Å². The van der Waals surface area contributed by atoms with Gasteiger partial charge in [-0.3, -0.25) is 4.98 Å². The molecule has 2 aromatic heterocycles. The molecule has 0 bridgehead atoms. The van der Waals surface area contributed by atoms with Gasteiger partial charge in [0.2, 0.25) is 5.95 Å². The van der Waals surface area contributed by atoms with Gasteiger partial charge >= 0.3 is 0 Å². The third-order valence-electron chi connectivity index (χ3n) is 5.34. The Morgan fingerprint density at radius 1 is 0.743 bits per heavy atom. The number of rotatable bonds is 7. The van der Waals surface area contributed by atoms with E-state index >= 15 is 4.39 Å². The fourth-order valence-corrected chi connectivity index (χ4v) is 3.63.